The number of nitrogens with one attached hydrogen (secondary N) is 1. The molecule has 18 heavy (non-hydrogen) atoms. The van der Waals surface area contributed by atoms with Crippen molar-refractivity contribution in [3.05, 3.63) is 21.9 Å². The van der Waals surface area contributed by atoms with Crippen LogP contribution in [0.1, 0.15) is 42.9 Å². The first-order valence-corrected chi connectivity index (χ1v) is 8.02. The smallest absolute Gasteiger partial charge is 0.0328 e. The normalized spacial score (nSPS) is 20.8. The second-order valence-corrected chi connectivity index (χ2v) is 6.86. The Bertz CT molecular complexity index is 368. The van der Waals surface area contributed by atoms with Gasteiger partial charge in [0.05, 0.1) is 0 Å². The van der Waals surface area contributed by atoms with E-state index in [1.54, 1.807) is 0 Å². The van der Waals surface area contributed by atoms with E-state index in [-0.39, 0.29) is 0 Å². The lowest BCUT2D eigenvalue weighted by Gasteiger charge is -2.35. The predicted molar refractivity (Wildman–Crippen MR) is 80.3 cm³/mol. The van der Waals surface area contributed by atoms with Crippen LogP contribution in [-0.2, 0) is 6.54 Å². The molecule has 0 radical (unpaired) electrons. The summed E-state index contributed by atoms with van der Waals surface area (Å²) >= 11 is 1.94. The molecular weight excluding hydrogens is 240 g/mol. The monoisotopic (exact) mass is 266 g/mol. The van der Waals surface area contributed by atoms with Crippen LogP contribution in [0.2, 0.25) is 0 Å². The van der Waals surface area contributed by atoms with E-state index in [9.17, 15) is 0 Å². The van der Waals surface area contributed by atoms with Crippen molar-refractivity contribution in [1.82, 2.24) is 10.2 Å². The van der Waals surface area contributed by atoms with E-state index in [1.807, 2.05) is 11.3 Å². The summed E-state index contributed by atoms with van der Waals surface area (Å²) in [6, 6.07) is 4.53. The highest BCUT2D eigenvalue weighted by atomic mass is 32.1. The van der Waals surface area contributed by atoms with Gasteiger partial charge >= 0.3 is 0 Å². The zero-order valence-corrected chi connectivity index (χ0v) is 12.8. The Hall–Kier alpha value is -0.380. The summed E-state index contributed by atoms with van der Waals surface area (Å²) in [6.07, 6.45) is 3.72. The number of nitrogens with zero attached hydrogens (tertiary/aromatic N) is 1. The van der Waals surface area contributed by atoms with Crippen LogP contribution in [0.25, 0.3) is 0 Å². The molecular formula is C15H26N2S. The molecule has 1 aliphatic heterocycles. The Morgan fingerprint density at radius 1 is 1.33 bits per heavy atom. The van der Waals surface area contributed by atoms with Gasteiger partial charge in [-0.3, -0.25) is 4.90 Å². The molecule has 1 fully saturated rings. The van der Waals surface area contributed by atoms with Crippen LogP contribution < -0.4 is 5.32 Å². The molecule has 0 amide bonds. The van der Waals surface area contributed by atoms with Crippen LogP contribution in [0.15, 0.2) is 12.1 Å². The van der Waals surface area contributed by atoms with Crippen molar-refractivity contribution in [3.63, 3.8) is 0 Å². The fourth-order valence-corrected chi connectivity index (χ4v) is 3.80. The quantitative estimate of drug-likeness (QED) is 0.898. The molecule has 2 heterocycles. The van der Waals surface area contributed by atoms with Crippen LogP contribution in [0, 0.1) is 6.92 Å². The van der Waals surface area contributed by atoms with Crippen molar-refractivity contribution in [3.8, 4) is 0 Å². The molecule has 0 saturated carbocycles. The highest BCUT2D eigenvalue weighted by Crippen LogP contribution is 2.23. The third kappa shape index (κ3) is 3.34. The fourth-order valence-electron chi connectivity index (χ4n) is 2.87. The van der Waals surface area contributed by atoms with E-state index in [2.05, 4.69) is 43.1 Å². The van der Waals surface area contributed by atoms with Crippen LogP contribution in [0.3, 0.4) is 0 Å². The maximum Gasteiger partial charge on any atom is 0.0328 e. The topological polar surface area (TPSA) is 15.3 Å². The minimum absolute atomic E-state index is 0.336. The van der Waals surface area contributed by atoms with Crippen molar-refractivity contribution < 1.29 is 0 Å². The molecule has 1 aromatic heterocycles. The average Bonchev–Trinajstić information content (AvgIpc) is 2.66. The maximum atomic E-state index is 3.78. The number of aryl methyl sites for hydroxylation is 1. The van der Waals surface area contributed by atoms with Gasteiger partial charge in [0.2, 0.25) is 0 Å². The third-order valence-corrected chi connectivity index (χ3v) is 5.19. The highest BCUT2D eigenvalue weighted by molar-refractivity contribution is 7.11. The Kier molecular flexibility index (Phi) is 4.82. The number of rotatable bonds is 4. The summed E-state index contributed by atoms with van der Waals surface area (Å²) in [4.78, 5) is 5.57. The summed E-state index contributed by atoms with van der Waals surface area (Å²) < 4.78 is 0. The van der Waals surface area contributed by atoms with E-state index in [0.717, 1.165) is 6.54 Å². The molecule has 0 bridgehead atoms. The van der Waals surface area contributed by atoms with Gasteiger partial charge in [0, 0.05) is 28.4 Å². The third-order valence-electron chi connectivity index (χ3n) is 4.21. The van der Waals surface area contributed by atoms with Gasteiger partial charge in [-0.1, -0.05) is 13.8 Å². The Morgan fingerprint density at radius 2 is 2.11 bits per heavy atom. The standard InChI is InChI=1S/C15H26N2S/c1-4-15(5-2)12-17(10-6-9-16-15)11-14-8-7-13(3)18-14/h7-8,16H,4-6,9-12H2,1-3H3. The van der Waals surface area contributed by atoms with Gasteiger partial charge < -0.3 is 5.32 Å². The molecule has 1 aromatic rings. The summed E-state index contributed by atoms with van der Waals surface area (Å²) in [5.41, 5.74) is 0.336. The Balaban J connectivity index is 2.03. The van der Waals surface area contributed by atoms with Gasteiger partial charge in [-0.2, -0.15) is 0 Å². The summed E-state index contributed by atoms with van der Waals surface area (Å²) in [7, 11) is 0. The minimum atomic E-state index is 0.336. The average molecular weight is 266 g/mol. The van der Waals surface area contributed by atoms with Crippen molar-refractivity contribution in [2.45, 2.75) is 52.1 Å². The molecule has 1 aliphatic rings. The first kappa shape index (κ1) is 14.0. The molecule has 2 nitrogen and oxygen atoms in total. The Morgan fingerprint density at radius 3 is 2.72 bits per heavy atom. The lowest BCUT2D eigenvalue weighted by atomic mass is 9.92. The summed E-state index contributed by atoms with van der Waals surface area (Å²) in [5.74, 6) is 0. The molecule has 3 heteroatoms. The lowest BCUT2D eigenvalue weighted by Crippen LogP contribution is -2.50. The zero-order chi connectivity index (χ0) is 13.0. The number of hydrogen-bond acceptors (Lipinski definition) is 3. The molecule has 0 unspecified atom stereocenters. The molecule has 0 spiro atoms. The molecule has 102 valence electrons. The first-order chi connectivity index (χ1) is 8.67. The SMILES string of the molecule is CCC1(CC)CN(Cc2ccc(C)s2)CCCN1. The highest BCUT2D eigenvalue weighted by Gasteiger charge is 2.30. The largest absolute Gasteiger partial charge is 0.310 e. The lowest BCUT2D eigenvalue weighted by molar-refractivity contribution is 0.192. The van der Waals surface area contributed by atoms with Crippen LogP contribution >= 0.6 is 11.3 Å². The summed E-state index contributed by atoms with van der Waals surface area (Å²) in [5, 5.41) is 3.78. The predicted octanol–water partition coefficient (Wildman–Crippen LogP) is 3.41. The second-order valence-electron chi connectivity index (χ2n) is 5.49. The molecule has 0 atom stereocenters. The van der Waals surface area contributed by atoms with Gasteiger partial charge in [0.15, 0.2) is 0 Å². The second kappa shape index (κ2) is 6.18. The number of hydrogen-bond donors (Lipinski definition) is 1. The zero-order valence-electron chi connectivity index (χ0n) is 12.0. The molecule has 1 N–H and O–H groups in total. The molecule has 1 saturated heterocycles. The van der Waals surface area contributed by atoms with E-state index < -0.39 is 0 Å². The number of thiophene rings is 1. The summed E-state index contributed by atoms with van der Waals surface area (Å²) in [6.45, 7) is 11.5. The van der Waals surface area contributed by atoms with Crippen molar-refractivity contribution in [1.29, 1.82) is 0 Å². The van der Waals surface area contributed by atoms with Gasteiger partial charge in [-0.25, -0.2) is 0 Å². The van der Waals surface area contributed by atoms with E-state index in [0.29, 0.717) is 5.54 Å². The van der Waals surface area contributed by atoms with E-state index in [4.69, 9.17) is 0 Å². The van der Waals surface area contributed by atoms with Gasteiger partial charge in [0.1, 0.15) is 0 Å². The molecule has 0 aromatic carbocycles. The van der Waals surface area contributed by atoms with Gasteiger partial charge in [-0.05, 0) is 51.4 Å². The van der Waals surface area contributed by atoms with Gasteiger partial charge in [0.25, 0.3) is 0 Å². The van der Waals surface area contributed by atoms with Crippen molar-refractivity contribution in [2.75, 3.05) is 19.6 Å². The molecule has 0 aliphatic carbocycles. The van der Waals surface area contributed by atoms with Crippen LogP contribution in [-0.4, -0.2) is 30.1 Å². The molecule has 2 rings (SSSR count). The van der Waals surface area contributed by atoms with Crippen LogP contribution in [0.4, 0.5) is 0 Å². The van der Waals surface area contributed by atoms with Crippen molar-refractivity contribution >= 4 is 11.3 Å². The first-order valence-electron chi connectivity index (χ1n) is 7.20. The van der Waals surface area contributed by atoms with Crippen molar-refractivity contribution in [2.24, 2.45) is 0 Å². The fraction of sp³-hybridized carbons (Fsp3) is 0.733. The maximum absolute atomic E-state index is 3.78. The Labute approximate surface area is 115 Å². The van der Waals surface area contributed by atoms with E-state index >= 15 is 0 Å². The van der Waals surface area contributed by atoms with Gasteiger partial charge in [-0.15, -0.1) is 11.3 Å². The van der Waals surface area contributed by atoms with Crippen LogP contribution in [0.5, 0.6) is 0 Å². The minimum Gasteiger partial charge on any atom is -0.310 e. The van der Waals surface area contributed by atoms with E-state index in [1.165, 1.54) is 48.7 Å².